The smallest absolute Gasteiger partial charge is 0.265 e. The number of carbonyl (C=O) groups excluding carboxylic acids is 2. The number of rotatable bonds is 3. The maximum atomic E-state index is 12.4. The molecule has 0 bridgehead atoms. The molecule has 0 saturated carbocycles. The Balaban J connectivity index is 1.82. The first-order valence-corrected chi connectivity index (χ1v) is 7.95. The quantitative estimate of drug-likeness (QED) is 0.942. The van der Waals surface area contributed by atoms with E-state index in [2.05, 4.69) is 5.32 Å². The first kappa shape index (κ1) is 16.1. The number of nitrogens with one attached hydrogen (secondary N) is 1. The van der Waals surface area contributed by atoms with Gasteiger partial charge >= 0.3 is 0 Å². The Morgan fingerprint density at radius 2 is 1.96 bits per heavy atom. The van der Waals surface area contributed by atoms with Crippen LogP contribution in [0.3, 0.4) is 0 Å². The standard InChI is InChI=1S/C19H20N2O3/c1-4-21-16-8-7-15(10-17(16)24-11-18(21)22)20-19(23)14-6-5-12(2)13(3)9-14/h5-10H,4,11H2,1-3H3,(H,20,23). The van der Waals surface area contributed by atoms with Gasteiger partial charge in [0.15, 0.2) is 6.61 Å². The van der Waals surface area contributed by atoms with E-state index in [0.717, 1.165) is 16.8 Å². The van der Waals surface area contributed by atoms with Gasteiger partial charge < -0.3 is 15.0 Å². The molecule has 5 nitrogen and oxygen atoms in total. The number of hydrogen-bond donors (Lipinski definition) is 1. The Morgan fingerprint density at radius 1 is 1.17 bits per heavy atom. The third-order valence-electron chi connectivity index (χ3n) is 4.25. The molecule has 0 aromatic heterocycles. The van der Waals surface area contributed by atoms with Gasteiger partial charge in [-0.25, -0.2) is 0 Å². The van der Waals surface area contributed by atoms with Crippen molar-refractivity contribution < 1.29 is 14.3 Å². The topological polar surface area (TPSA) is 58.6 Å². The van der Waals surface area contributed by atoms with E-state index >= 15 is 0 Å². The second kappa shape index (κ2) is 6.35. The molecule has 1 heterocycles. The van der Waals surface area contributed by atoms with E-state index in [1.165, 1.54) is 0 Å². The lowest BCUT2D eigenvalue weighted by molar-refractivity contribution is -0.121. The van der Waals surface area contributed by atoms with Gasteiger partial charge in [-0.05, 0) is 56.2 Å². The largest absolute Gasteiger partial charge is 0.481 e. The first-order valence-electron chi connectivity index (χ1n) is 7.95. The lowest BCUT2D eigenvalue weighted by Crippen LogP contribution is -2.38. The summed E-state index contributed by atoms with van der Waals surface area (Å²) < 4.78 is 5.49. The number of aryl methyl sites for hydroxylation is 2. The number of hydrogen-bond acceptors (Lipinski definition) is 3. The van der Waals surface area contributed by atoms with Gasteiger partial charge in [0.2, 0.25) is 0 Å². The fraction of sp³-hybridized carbons (Fsp3) is 0.263. The van der Waals surface area contributed by atoms with Crippen LogP contribution in [-0.2, 0) is 4.79 Å². The Hall–Kier alpha value is -2.82. The van der Waals surface area contributed by atoms with Crippen LogP contribution in [0.1, 0.15) is 28.4 Å². The van der Waals surface area contributed by atoms with Crippen LogP contribution in [0.4, 0.5) is 11.4 Å². The van der Waals surface area contributed by atoms with Crippen molar-refractivity contribution >= 4 is 23.2 Å². The highest BCUT2D eigenvalue weighted by molar-refractivity contribution is 6.05. The minimum Gasteiger partial charge on any atom is -0.481 e. The zero-order valence-corrected chi connectivity index (χ0v) is 14.1. The van der Waals surface area contributed by atoms with Crippen LogP contribution in [0.15, 0.2) is 36.4 Å². The third kappa shape index (κ3) is 2.97. The molecule has 0 unspecified atom stereocenters. The van der Waals surface area contributed by atoms with E-state index in [9.17, 15) is 9.59 Å². The number of anilines is 2. The molecule has 2 aromatic rings. The molecule has 0 saturated heterocycles. The van der Waals surface area contributed by atoms with Crippen molar-refractivity contribution in [3.05, 3.63) is 53.1 Å². The minimum atomic E-state index is -0.169. The van der Waals surface area contributed by atoms with Gasteiger partial charge in [-0.15, -0.1) is 0 Å². The predicted molar refractivity (Wildman–Crippen MR) is 93.8 cm³/mol. The Bertz CT molecular complexity index is 814. The van der Waals surface area contributed by atoms with Gasteiger partial charge in [0.1, 0.15) is 5.75 Å². The van der Waals surface area contributed by atoms with Crippen molar-refractivity contribution in [3.63, 3.8) is 0 Å². The summed E-state index contributed by atoms with van der Waals surface area (Å²) in [6, 6.07) is 10.9. The molecule has 5 heteroatoms. The molecule has 24 heavy (non-hydrogen) atoms. The highest BCUT2D eigenvalue weighted by Crippen LogP contribution is 2.34. The van der Waals surface area contributed by atoms with Gasteiger partial charge in [-0.3, -0.25) is 9.59 Å². The van der Waals surface area contributed by atoms with Gasteiger partial charge in [-0.1, -0.05) is 6.07 Å². The van der Waals surface area contributed by atoms with Crippen molar-refractivity contribution in [1.29, 1.82) is 0 Å². The van der Waals surface area contributed by atoms with Gasteiger partial charge in [0.05, 0.1) is 5.69 Å². The lowest BCUT2D eigenvalue weighted by atomic mass is 10.1. The maximum Gasteiger partial charge on any atom is 0.265 e. The second-order valence-electron chi connectivity index (χ2n) is 5.86. The molecule has 0 radical (unpaired) electrons. The third-order valence-corrected chi connectivity index (χ3v) is 4.25. The normalized spacial score (nSPS) is 13.3. The summed E-state index contributed by atoms with van der Waals surface area (Å²) in [6.07, 6.45) is 0. The van der Waals surface area contributed by atoms with Crippen LogP contribution < -0.4 is 15.0 Å². The minimum absolute atomic E-state index is 0.0232. The van der Waals surface area contributed by atoms with E-state index in [0.29, 0.717) is 23.5 Å². The molecule has 3 rings (SSSR count). The maximum absolute atomic E-state index is 12.4. The zero-order chi connectivity index (χ0) is 17.3. The van der Waals surface area contributed by atoms with Crippen LogP contribution >= 0.6 is 0 Å². The molecule has 0 aliphatic carbocycles. The molecule has 0 spiro atoms. The lowest BCUT2D eigenvalue weighted by Gasteiger charge is -2.28. The molecule has 1 N–H and O–H groups in total. The molecular weight excluding hydrogens is 304 g/mol. The monoisotopic (exact) mass is 324 g/mol. The SMILES string of the molecule is CCN1C(=O)COc2cc(NC(=O)c3ccc(C)c(C)c3)ccc21. The average Bonchev–Trinajstić information content (AvgIpc) is 2.57. The summed E-state index contributed by atoms with van der Waals surface area (Å²) in [4.78, 5) is 25.9. The summed E-state index contributed by atoms with van der Waals surface area (Å²) in [5, 5.41) is 2.88. The number of nitrogens with zero attached hydrogens (tertiary/aromatic N) is 1. The Kier molecular flexibility index (Phi) is 4.25. The number of fused-ring (bicyclic) bond motifs is 1. The van der Waals surface area contributed by atoms with Crippen molar-refractivity contribution in [2.75, 3.05) is 23.4 Å². The second-order valence-corrected chi connectivity index (χ2v) is 5.86. The molecule has 1 aliphatic rings. The van der Waals surface area contributed by atoms with Crippen LogP contribution in [0.25, 0.3) is 0 Å². The Morgan fingerprint density at radius 3 is 2.67 bits per heavy atom. The fourth-order valence-corrected chi connectivity index (χ4v) is 2.71. The zero-order valence-electron chi connectivity index (χ0n) is 14.1. The molecule has 1 aliphatic heterocycles. The number of amides is 2. The van der Waals surface area contributed by atoms with Crippen molar-refractivity contribution in [2.45, 2.75) is 20.8 Å². The highest BCUT2D eigenvalue weighted by Gasteiger charge is 2.24. The molecule has 2 amide bonds. The van der Waals surface area contributed by atoms with E-state index in [-0.39, 0.29) is 18.4 Å². The fourth-order valence-electron chi connectivity index (χ4n) is 2.71. The van der Waals surface area contributed by atoms with Crippen molar-refractivity contribution in [3.8, 4) is 5.75 Å². The van der Waals surface area contributed by atoms with Crippen LogP contribution in [0, 0.1) is 13.8 Å². The van der Waals surface area contributed by atoms with E-state index in [1.54, 1.807) is 23.1 Å². The summed E-state index contributed by atoms with van der Waals surface area (Å²) in [7, 11) is 0. The summed E-state index contributed by atoms with van der Waals surface area (Å²) in [6.45, 7) is 6.52. The summed E-state index contributed by atoms with van der Waals surface area (Å²) in [5.41, 5.74) is 4.22. The molecule has 124 valence electrons. The molecule has 0 atom stereocenters. The summed E-state index contributed by atoms with van der Waals surface area (Å²) in [5.74, 6) is 0.378. The van der Waals surface area contributed by atoms with E-state index in [1.807, 2.05) is 39.0 Å². The molecular formula is C19H20N2O3. The highest BCUT2D eigenvalue weighted by atomic mass is 16.5. The van der Waals surface area contributed by atoms with Gasteiger partial charge in [-0.2, -0.15) is 0 Å². The molecule has 2 aromatic carbocycles. The first-order chi connectivity index (χ1) is 11.5. The van der Waals surface area contributed by atoms with E-state index < -0.39 is 0 Å². The molecule has 0 fully saturated rings. The number of ether oxygens (including phenoxy) is 1. The van der Waals surface area contributed by atoms with Crippen LogP contribution in [0.5, 0.6) is 5.75 Å². The van der Waals surface area contributed by atoms with Gasteiger partial charge in [0, 0.05) is 23.9 Å². The van der Waals surface area contributed by atoms with Crippen LogP contribution in [0.2, 0.25) is 0 Å². The van der Waals surface area contributed by atoms with Crippen molar-refractivity contribution in [2.24, 2.45) is 0 Å². The van der Waals surface area contributed by atoms with Gasteiger partial charge in [0.25, 0.3) is 11.8 Å². The number of benzene rings is 2. The predicted octanol–water partition coefficient (Wildman–Crippen LogP) is 3.30. The summed E-state index contributed by atoms with van der Waals surface area (Å²) >= 11 is 0. The number of likely N-dealkylation sites (N-methyl/N-ethyl adjacent to an activating group) is 1. The van der Waals surface area contributed by atoms with Crippen LogP contribution in [-0.4, -0.2) is 25.0 Å². The van der Waals surface area contributed by atoms with Crippen molar-refractivity contribution in [1.82, 2.24) is 0 Å². The number of carbonyl (C=O) groups is 2. The Labute approximate surface area is 141 Å². The van der Waals surface area contributed by atoms with E-state index in [4.69, 9.17) is 4.74 Å². The average molecular weight is 324 g/mol.